The van der Waals surface area contributed by atoms with Gasteiger partial charge in [-0.2, -0.15) is 0 Å². The molecule has 146 valence electrons. The number of alkyl halides is 1. The predicted octanol–water partition coefficient (Wildman–Crippen LogP) is 1.72. The number of rotatable bonds is 4. The Kier molecular flexibility index (Phi) is 4.90. The van der Waals surface area contributed by atoms with Crippen LogP contribution in [0, 0.1) is 11.8 Å². The first-order chi connectivity index (χ1) is 13.0. The van der Waals surface area contributed by atoms with Gasteiger partial charge in [-0.25, -0.2) is 9.82 Å². The van der Waals surface area contributed by atoms with Crippen LogP contribution < -0.4 is 16.2 Å². The van der Waals surface area contributed by atoms with Gasteiger partial charge in [-0.1, -0.05) is 32.0 Å². The molecule has 0 radical (unpaired) electrons. The SMILES string of the molecule is CC(C)C(C(=O)NC1NNC2CCCC(F)C21)N1Cc2ccccc2C1=O. The second kappa shape index (κ2) is 7.20. The van der Waals surface area contributed by atoms with Gasteiger partial charge >= 0.3 is 0 Å². The van der Waals surface area contributed by atoms with E-state index < -0.39 is 18.4 Å². The molecule has 5 unspecified atom stereocenters. The molecular weight excluding hydrogens is 347 g/mol. The number of hydrogen-bond donors (Lipinski definition) is 3. The van der Waals surface area contributed by atoms with Gasteiger partial charge in [0.2, 0.25) is 5.91 Å². The van der Waals surface area contributed by atoms with Gasteiger partial charge in [0, 0.05) is 24.1 Å². The fourth-order valence-electron chi connectivity index (χ4n) is 4.75. The van der Waals surface area contributed by atoms with Crippen LogP contribution in [-0.2, 0) is 11.3 Å². The molecule has 0 bridgehead atoms. The van der Waals surface area contributed by atoms with E-state index in [0.29, 0.717) is 18.5 Å². The van der Waals surface area contributed by atoms with Gasteiger partial charge in [0.25, 0.3) is 5.91 Å². The second-order valence-electron chi connectivity index (χ2n) is 8.18. The summed E-state index contributed by atoms with van der Waals surface area (Å²) in [5.41, 5.74) is 7.77. The molecule has 1 aromatic rings. The van der Waals surface area contributed by atoms with Crippen molar-refractivity contribution < 1.29 is 14.0 Å². The minimum atomic E-state index is -0.938. The third-order valence-corrected chi connectivity index (χ3v) is 6.07. The van der Waals surface area contributed by atoms with E-state index in [-0.39, 0.29) is 29.7 Å². The highest BCUT2D eigenvalue weighted by Crippen LogP contribution is 2.32. The fourth-order valence-corrected chi connectivity index (χ4v) is 4.75. The largest absolute Gasteiger partial charge is 0.337 e. The molecule has 27 heavy (non-hydrogen) atoms. The summed E-state index contributed by atoms with van der Waals surface area (Å²) in [6.45, 7) is 4.30. The van der Waals surface area contributed by atoms with Crippen molar-refractivity contribution in [1.29, 1.82) is 0 Å². The molecule has 3 N–H and O–H groups in total. The van der Waals surface area contributed by atoms with Crippen molar-refractivity contribution in [3.05, 3.63) is 35.4 Å². The van der Waals surface area contributed by atoms with Crippen LogP contribution in [-0.4, -0.2) is 41.1 Å². The first-order valence-corrected chi connectivity index (χ1v) is 9.81. The lowest BCUT2D eigenvalue weighted by Gasteiger charge is -2.34. The van der Waals surface area contributed by atoms with E-state index in [1.807, 2.05) is 32.0 Å². The van der Waals surface area contributed by atoms with E-state index in [0.717, 1.165) is 18.4 Å². The van der Waals surface area contributed by atoms with Gasteiger partial charge < -0.3 is 10.2 Å². The Morgan fingerprint density at radius 2 is 2.04 bits per heavy atom. The van der Waals surface area contributed by atoms with Gasteiger partial charge in [-0.15, -0.1) is 0 Å². The van der Waals surface area contributed by atoms with Gasteiger partial charge in [-0.05, 0) is 36.8 Å². The maximum absolute atomic E-state index is 14.4. The molecular formula is C20H27FN4O2. The van der Waals surface area contributed by atoms with Crippen molar-refractivity contribution in [3.63, 3.8) is 0 Å². The number of carbonyl (C=O) groups is 2. The van der Waals surface area contributed by atoms with Crippen molar-refractivity contribution in [3.8, 4) is 0 Å². The average molecular weight is 374 g/mol. The number of halogens is 1. The molecule has 2 fully saturated rings. The summed E-state index contributed by atoms with van der Waals surface area (Å²) in [7, 11) is 0. The number of benzene rings is 1. The van der Waals surface area contributed by atoms with E-state index >= 15 is 0 Å². The third kappa shape index (κ3) is 3.23. The van der Waals surface area contributed by atoms with E-state index in [2.05, 4.69) is 16.2 Å². The number of hydrazine groups is 1. The minimum Gasteiger partial charge on any atom is -0.337 e. The molecule has 1 saturated heterocycles. The zero-order valence-corrected chi connectivity index (χ0v) is 15.7. The first kappa shape index (κ1) is 18.4. The van der Waals surface area contributed by atoms with Crippen molar-refractivity contribution in [1.82, 2.24) is 21.1 Å². The Labute approximate surface area is 158 Å². The molecule has 2 amide bonds. The van der Waals surface area contributed by atoms with Crippen LogP contribution in [0.25, 0.3) is 0 Å². The van der Waals surface area contributed by atoms with Crippen LogP contribution in [0.15, 0.2) is 24.3 Å². The van der Waals surface area contributed by atoms with E-state index in [9.17, 15) is 14.0 Å². The number of fused-ring (bicyclic) bond motifs is 2. The summed E-state index contributed by atoms with van der Waals surface area (Å²) in [5.74, 6) is -0.678. The molecule has 7 heteroatoms. The smallest absolute Gasteiger partial charge is 0.255 e. The lowest BCUT2D eigenvalue weighted by atomic mass is 9.82. The van der Waals surface area contributed by atoms with Crippen LogP contribution in [0.1, 0.15) is 49.0 Å². The lowest BCUT2D eigenvalue weighted by Crippen LogP contribution is -2.57. The molecule has 2 aliphatic heterocycles. The van der Waals surface area contributed by atoms with Crippen molar-refractivity contribution >= 4 is 11.8 Å². The topological polar surface area (TPSA) is 73.5 Å². The van der Waals surface area contributed by atoms with Gasteiger partial charge in [0.15, 0.2) is 0 Å². The number of amides is 2. The van der Waals surface area contributed by atoms with Crippen LogP contribution >= 0.6 is 0 Å². The lowest BCUT2D eigenvalue weighted by molar-refractivity contribution is -0.128. The molecule has 1 saturated carbocycles. The monoisotopic (exact) mass is 374 g/mol. The highest BCUT2D eigenvalue weighted by atomic mass is 19.1. The van der Waals surface area contributed by atoms with Gasteiger partial charge in [-0.3, -0.25) is 15.0 Å². The molecule has 4 rings (SSSR count). The molecule has 0 aromatic heterocycles. The summed E-state index contributed by atoms with van der Waals surface area (Å²) in [6, 6.07) is 6.91. The highest BCUT2D eigenvalue weighted by Gasteiger charge is 2.46. The van der Waals surface area contributed by atoms with Gasteiger partial charge in [0.05, 0.1) is 6.17 Å². The van der Waals surface area contributed by atoms with Crippen molar-refractivity contribution in [2.45, 2.75) is 64.1 Å². The van der Waals surface area contributed by atoms with Crippen LogP contribution in [0.5, 0.6) is 0 Å². The summed E-state index contributed by atoms with van der Waals surface area (Å²) >= 11 is 0. The van der Waals surface area contributed by atoms with Crippen molar-refractivity contribution in [2.75, 3.05) is 0 Å². The number of nitrogens with one attached hydrogen (secondary N) is 3. The summed E-state index contributed by atoms with van der Waals surface area (Å²) in [6.07, 6.45) is 0.890. The summed E-state index contributed by atoms with van der Waals surface area (Å²) in [5, 5.41) is 2.97. The maximum atomic E-state index is 14.4. The number of carbonyl (C=O) groups excluding carboxylic acids is 2. The summed E-state index contributed by atoms with van der Waals surface area (Å²) in [4.78, 5) is 27.6. The molecule has 6 nitrogen and oxygen atoms in total. The Balaban J connectivity index is 1.50. The zero-order valence-electron chi connectivity index (χ0n) is 15.7. The molecule has 2 heterocycles. The van der Waals surface area contributed by atoms with Gasteiger partial charge in [0.1, 0.15) is 12.2 Å². The Hall–Kier alpha value is -1.99. The Bertz CT molecular complexity index is 740. The number of nitrogens with zero attached hydrogens (tertiary/aromatic N) is 1. The quantitative estimate of drug-likeness (QED) is 0.750. The Morgan fingerprint density at radius 1 is 1.26 bits per heavy atom. The fraction of sp³-hybridized carbons (Fsp3) is 0.600. The van der Waals surface area contributed by atoms with Crippen molar-refractivity contribution in [2.24, 2.45) is 11.8 Å². The molecule has 1 aromatic carbocycles. The molecule has 0 spiro atoms. The average Bonchev–Trinajstić information content (AvgIpc) is 3.18. The van der Waals surface area contributed by atoms with Crippen LogP contribution in [0.3, 0.4) is 0 Å². The number of hydrogen-bond acceptors (Lipinski definition) is 4. The van der Waals surface area contributed by atoms with E-state index in [4.69, 9.17) is 0 Å². The van der Waals surface area contributed by atoms with Crippen LogP contribution in [0.2, 0.25) is 0 Å². The third-order valence-electron chi connectivity index (χ3n) is 6.07. The zero-order chi connectivity index (χ0) is 19.1. The normalized spacial score (nSPS) is 31.0. The highest BCUT2D eigenvalue weighted by molar-refractivity contribution is 6.01. The standard InChI is InChI=1S/C20H27FN4O2/c1-11(2)17(25-10-12-6-3-4-7-13(12)20(25)27)19(26)22-18-16-14(21)8-5-9-15(16)23-24-18/h3-4,6-7,11,14-18,23-24H,5,8-10H2,1-2H3,(H,22,26). The summed E-state index contributed by atoms with van der Waals surface area (Å²) < 4.78 is 14.4. The van der Waals surface area contributed by atoms with E-state index in [1.54, 1.807) is 11.0 Å². The molecule has 1 aliphatic carbocycles. The first-order valence-electron chi connectivity index (χ1n) is 9.81. The van der Waals surface area contributed by atoms with E-state index in [1.165, 1.54) is 0 Å². The van der Waals surface area contributed by atoms with Crippen LogP contribution in [0.4, 0.5) is 4.39 Å². The maximum Gasteiger partial charge on any atom is 0.255 e. The second-order valence-corrected chi connectivity index (χ2v) is 8.18. The molecule has 5 atom stereocenters. The molecule has 3 aliphatic rings. The Morgan fingerprint density at radius 3 is 2.78 bits per heavy atom. The minimum absolute atomic E-state index is 0.0363. The predicted molar refractivity (Wildman–Crippen MR) is 99.2 cm³/mol.